The molecule has 5 rings (SSSR count). The Morgan fingerprint density at radius 2 is 1.90 bits per heavy atom. The summed E-state index contributed by atoms with van der Waals surface area (Å²) in [5, 5.41) is 3.36. The lowest BCUT2D eigenvalue weighted by molar-refractivity contribution is 0.112. The van der Waals surface area contributed by atoms with Gasteiger partial charge in [0.2, 0.25) is 18.0 Å². The minimum absolute atomic E-state index is 0.352. The molecule has 7 heteroatoms. The van der Waals surface area contributed by atoms with E-state index in [4.69, 9.17) is 13.9 Å². The summed E-state index contributed by atoms with van der Waals surface area (Å²) in [6.07, 6.45) is 1.76. The number of hydrogen-bond donors (Lipinski definition) is 1. The van der Waals surface area contributed by atoms with Crippen LogP contribution in [0, 0.1) is 0 Å². The van der Waals surface area contributed by atoms with E-state index in [9.17, 15) is 4.79 Å². The fraction of sp³-hybridized carbons (Fsp3) is 0.0870. The van der Waals surface area contributed by atoms with Gasteiger partial charge in [-0.05, 0) is 18.2 Å². The van der Waals surface area contributed by atoms with Gasteiger partial charge in [0.15, 0.2) is 5.76 Å². The zero-order chi connectivity index (χ0) is 20.5. The fourth-order valence-electron chi connectivity index (χ4n) is 3.32. The van der Waals surface area contributed by atoms with E-state index in [-0.39, 0.29) is 0 Å². The third-order valence-corrected chi connectivity index (χ3v) is 4.84. The second kappa shape index (κ2) is 7.36. The number of aromatic nitrogens is 2. The highest BCUT2D eigenvalue weighted by atomic mass is 16.5. The quantitative estimate of drug-likeness (QED) is 0.497. The summed E-state index contributed by atoms with van der Waals surface area (Å²) in [7, 11) is 1.53. The molecule has 0 aliphatic carbocycles. The van der Waals surface area contributed by atoms with Crippen molar-refractivity contribution in [3.63, 3.8) is 0 Å². The Balaban J connectivity index is 1.53. The Kier molecular flexibility index (Phi) is 4.40. The van der Waals surface area contributed by atoms with Gasteiger partial charge in [-0.1, -0.05) is 42.5 Å². The van der Waals surface area contributed by atoms with Crippen LogP contribution in [0.3, 0.4) is 0 Å². The van der Waals surface area contributed by atoms with Crippen LogP contribution >= 0.6 is 0 Å². The summed E-state index contributed by atoms with van der Waals surface area (Å²) < 4.78 is 17.4. The van der Waals surface area contributed by atoms with Crippen LogP contribution in [0.2, 0.25) is 0 Å². The number of fused-ring (bicyclic) bond motifs is 3. The van der Waals surface area contributed by atoms with Crippen molar-refractivity contribution >= 4 is 12.0 Å². The highest BCUT2D eigenvalue weighted by Crippen LogP contribution is 2.40. The van der Waals surface area contributed by atoms with Gasteiger partial charge >= 0.3 is 0 Å². The van der Waals surface area contributed by atoms with Gasteiger partial charge in [0, 0.05) is 22.4 Å². The van der Waals surface area contributed by atoms with E-state index in [2.05, 4.69) is 15.3 Å². The number of benzene rings is 2. The minimum Gasteiger partial charge on any atom is -0.480 e. The Labute approximate surface area is 172 Å². The molecule has 30 heavy (non-hydrogen) atoms. The lowest BCUT2D eigenvalue weighted by Gasteiger charge is -2.16. The van der Waals surface area contributed by atoms with Crippen molar-refractivity contribution in [3.05, 3.63) is 78.2 Å². The average Bonchev–Trinajstić information content (AvgIpc) is 3.23. The number of rotatable bonds is 4. The number of nitrogens with one attached hydrogen (secondary N) is 1. The molecule has 0 bridgehead atoms. The van der Waals surface area contributed by atoms with Crippen molar-refractivity contribution in [2.24, 2.45) is 0 Å². The maximum atomic E-state index is 10.9. The predicted molar refractivity (Wildman–Crippen MR) is 111 cm³/mol. The molecular weight excluding hydrogens is 382 g/mol. The normalized spacial score (nSPS) is 14.5. The van der Waals surface area contributed by atoms with Crippen molar-refractivity contribution in [3.8, 4) is 34.3 Å². The molecule has 0 fully saturated rings. The molecule has 1 aliphatic rings. The van der Waals surface area contributed by atoms with Crippen LogP contribution in [0.15, 0.2) is 71.3 Å². The predicted octanol–water partition coefficient (Wildman–Crippen LogP) is 4.73. The van der Waals surface area contributed by atoms with Crippen molar-refractivity contribution in [1.29, 1.82) is 0 Å². The first-order valence-electron chi connectivity index (χ1n) is 9.34. The lowest BCUT2D eigenvalue weighted by Crippen LogP contribution is -2.16. The number of carbonyl (C=O) groups excluding carboxylic acids is 1. The Hall–Kier alpha value is -4.13. The van der Waals surface area contributed by atoms with E-state index in [1.165, 1.54) is 7.11 Å². The largest absolute Gasteiger partial charge is 0.480 e. The van der Waals surface area contributed by atoms with Gasteiger partial charge in [-0.15, -0.1) is 0 Å². The number of nitrogens with zero attached hydrogens (tertiary/aromatic N) is 2. The van der Waals surface area contributed by atoms with Gasteiger partial charge in [-0.3, -0.25) is 4.79 Å². The van der Waals surface area contributed by atoms with Gasteiger partial charge in [-0.2, -0.15) is 4.98 Å². The fourth-order valence-corrected chi connectivity index (χ4v) is 3.32. The molecule has 1 aliphatic heterocycles. The van der Waals surface area contributed by atoms with Gasteiger partial charge < -0.3 is 19.2 Å². The lowest BCUT2D eigenvalue weighted by atomic mass is 10.1. The van der Waals surface area contributed by atoms with Crippen molar-refractivity contribution in [2.75, 3.05) is 12.4 Å². The van der Waals surface area contributed by atoms with E-state index >= 15 is 0 Å². The first-order chi connectivity index (χ1) is 14.7. The molecular formula is C23H17N3O4. The van der Waals surface area contributed by atoms with Gasteiger partial charge in [0.1, 0.15) is 17.7 Å². The van der Waals surface area contributed by atoms with Crippen LogP contribution < -0.4 is 14.8 Å². The Morgan fingerprint density at radius 3 is 2.70 bits per heavy atom. The summed E-state index contributed by atoms with van der Waals surface area (Å²) >= 11 is 0. The third-order valence-electron chi connectivity index (χ3n) is 4.84. The number of hydrogen-bond acceptors (Lipinski definition) is 7. The molecule has 0 saturated heterocycles. The molecule has 4 aromatic rings. The second-order valence-electron chi connectivity index (χ2n) is 6.70. The molecule has 1 N–H and O–H groups in total. The van der Waals surface area contributed by atoms with Crippen LogP contribution in [-0.4, -0.2) is 23.4 Å². The number of methoxy groups -OCH3 is 1. The first-order valence-corrected chi connectivity index (χ1v) is 9.34. The third kappa shape index (κ3) is 3.16. The topological polar surface area (TPSA) is 86.5 Å². The van der Waals surface area contributed by atoms with Crippen LogP contribution in [0.5, 0.6) is 11.8 Å². The number of para-hydroxylation sites is 1. The monoisotopic (exact) mass is 399 g/mol. The summed E-state index contributed by atoms with van der Waals surface area (Å²) in [5.74, 6) is 1.96. The maximum Gasteiger partial charge on any atom is 0.246 e. The summed E-state index contributed by atoms with van der Waals surface area (Å²) in [4.78, 5) is 19.8. The molecule has 1 unspecified atom stereocenters. The zero-order valence-electron chi connectivity index (χ0n) is 16.0. The number of furan rings is 1. The average molecular weight is 399 g/mol. The zero-order valence-corrected chi connectivity index (χ0v) is 16.0. The van der Waals surface area contributed by atoms with Crippen molar-refractivity contribution < 1.29 is 18.7 Å². The van der Waals surface area contributed by atoms with Gasteiger partial charge in [-0.25, -0.2) is 4.98 Å². The van der Waals surface area contributed by atoms with Crippen molar-refractivity contribution in [2.45, 2.75) is 6.23 Å². The second-order valence-corrected chi connectivity index (χ2v) is 6.70. The van der Waals surface area contributed by atoms with Crippen LogP contribution in [0.25, 0.3) is 22.6 Å². The number of aldehydes is 1. The molecule has 2 aromatic carbocycles. The van der Waals surface area contributed by atoms with Crippen LogP contribution in [0.4, 0.5) is 5.69 Å². The highest BCUT2D eigenvalue weighted by Gasteiger charge is 2.27. The number of ether oxygens (including phenoxy) is 2. The standard InChI is InChI=1S/C23H17N3O4/c1-28-20-12-24-21-16-4-2-3-5-17(16)25-22(30-23(21)26-20)19-11-10-18(29-19)15-8-6-14(13-27)7-9-15/h2-13,22,25H,1H3. The SMILES string of the molecule is COc1cnc2c(n1)OC(c1ccc(-c3ccc(C=O)cc3)o1)Nc1ccccc1-2. The van der Waals surface area contributed by atoms with Crippen molar-refractivity contribution in [1.82, 2.24) is 9.97 Å². The molecule has 3 heterocycles. The molecule has 0 radical (unpaired) electrons. The summed E-state index contributed by atoms with van der Waals surface area (Å²) in [5.41, 5.74) is 3.83. The number of anilines is 1. The summed E-state index contributed by atoms with van der Waals surface area (Å²) in [6.45, 7) is 0. The molecule has 0 saturated carbocycles. The molecule has 2 aromatic heterocycles. The molecule has 148 valence electrons. The maximum absolute atomic E-state index is 10.9. The van der Waals surface area contributed by atoms with E-state index in [0.717, 1.165) is 23.1 Å². The number of carbonyl (C=O) groups is 1. The Morgan fingerprint density at radius 1 is 1.07 bits per heavy atom. The Bertz CT molecular complexity index is 1220. The van der Waals surface area contributed by atoms with Gasteiger partial charge in [0.25, 0.3) is 0 Å². The van der Waals surface area contributed by atoms with E-state index in [1.807, 2.05) is 48.5 Å². The minimum atomic E-state index is -0.614. The molecule has 0 amide bonds. The van der Waals surface area contributed by atoms with E-state index < -0.39 is 6.23 Å². The smallest absolute Gasteiger partial charge is 0.246 e. The summed E-state index contributed by atoms with van der Waals surface area (Å²) in [6, 6.07) is 18.7. The molecule has 0 spiro atoms. The highest BCUT2D eigenvalue weighted by molar-refractivity contribution is 5.79. The van der Waals surface area contributed by atoms with Crippen LogP contribution in [0.1, 0.15) is 22.3 Å². The van der Waals surface area contributed by atoms with Crippen LogP contribution in [-0.2, 0) is 0 Å². The van der Waals surface area contributed by atoms with E-state index in [0.29, 0.717) is 34.5 Å². The molecule has 1 atom stereocenters. The molecule has 7 nitrogen and oxygen atoms in total. The van der Waals surface area contributed by atoms with Gasteiger partial charge in [0.05, 0.1) is 13.3 Å². The first kappa shape index (κ1) is 17.9. The van der Waals surface area contributed by atoms with E-state index in [1.54, 1.807) is 18.3 Å².